The maximum atomic E-state index is 10.3. The Morgan fingerprint density at radius 3 is 2.75 bits per heavy atom. The van der Waals surface area contributed by atoms with Gasteiger partial charge in [-0.3, -0.25) is 4.79 Å². The normalized spacial score (nSPS) is 8.00. The summed E-state index contributed by atoms with van der Waals surface area (Å²) < 4.78 is 0. The number of Topliss-reactive ketones (excluding diaryl/α,β-unsaturated/α-hetero) is 1. The van der Waals surface area contributed by atoms with Crippen molar-refractivity contribution in [3.8, 4) is 12.3 Å². The lowest BCUT2D eigenvalue weighted by Crippen LogP contribution is -1.90. The molecule has 1 nitrogen and oxygen atoms in total. The zero-order chi connectivity index (χ0) is 6.41. The fraction of sp³-hybridized carbons (Fsp3) is 0.571. The van der Waals surface area contributed by atoms with Gasteiger partial charge in [-0.05, 0) is 12.3 Å². The van der Waals surface area contributed by atoms with E-state index in [9.17, 15) is 4.79 Å². The third kappa shape index (κ3) is 3.42. The Labute approximate surface area is 50.1 Å². The second-order valence-electron chi connectivity index (χ2n) is 1.67. The molecule has 0 saturated carbocycles. The molecule has 0 aliphatic carbocycles. The van der Waals surface area contributed by atoms with Crippen LogP contribution in [0.15, 0.2) is 0 Å². The summed E-state index contributed by atoms with van der Waals surface area (Å²) in [5, 5.41) is 0. The summed E-state index contributed by atoms with van der Waals surface area (Å²) in [6.07, 6.45) is 7.32. The van der Waals surface area contributed by atoms with Gasteiger partial charge in [-0.2, -0.15) is 0 Å². The molecule has 0 radical (unpaired) electrons. The molecule has 0 rings (SSSR count). The fourth-order valence-corrected chi connectivity index (χ4v) is 0.410. The second-order valence-corrected chi connectivity index (χ2v) is 1.67. The van der Waals surface area contributed by atoms with E-state index in [4.69, 9.17) is 6.42 Å². The molecule has 8 heavy (non-hydrogen) atoms. The molecule has 0 aliphatic rings. The molecule has 0 unspecified atom stereocenters. The Morgan fingerprint density at radius 2 is 2.38 bits per heavy atom. The van der Waals surface area contributed by atoms with Gasteiger partial charge < -0.3 is 0 Å². The highest BCUT2D eigenvalue weighted by molar-refractivity contribution is 5.94. The number of hydrogen-bond donors (Lipinski definition) is 0. The zero-order valence-electron chi connectivity index (χ0n) is 5.11. The van der Waals surface area contributed by atoms with Gasteiger partial charge in [-0.25, -0.2) is 0 Å². The van der Waals surface area contributed by atoms with Crippen molar-refractivity contribution < 1.29 is 4.79 Å². The average Bonchev–Trinajstić information content (AvgIpc) is 1.83. The monoisotopic (exact) mass is 110 g/mol. The molecular weight excluding hydrogens is 100 g/mol. The van der Waals surface area contributed by atoms with Gasteiger partial charge in [-0.15, -0.1) is 6.42 Å². The molecule has 0 fully saturated rings. The summed E-state index contributed by atoms with van der Waals surface area (Å²) >= 11 is 0. The van der Waals surface area contributed by atoms with Crippen molar-refractivity contribution in [2.75, 3.05) is 0 Å². The van der Waals surface area contributed by atoms with Crippen LogP contribution in [0.25, 0.3) is 0 Å². The van der Waals surface area contributed by atoms with Crippen molar-refractivity contribution in [1.82, 2.24) is 0 Å². The second kappa shape index (κ2) is 4.39. The molecule has 0 amide bonds. The van der Waals surface area contributed by atoms with E-state index in [1.165, 1.54) is 0 Å². The van der Waals surface area contributed by atoms with Crippen LogP contribution < -0.4 is 0 Å². The molecule has 0 saturated heterocycles. The van der Waals surface area contributed by atoms with Crippen molar-refractivity contribution >= 4 is 5.78 Å². The van der Waals surface area contributed by atoms with E-state index in [2.05, 4.69) is 5.92 Å². The van der Waals surface area contributed by atoms with Gasteiger partial charge in [0, 0.05) is 6.42 Å². The SMILES string of the molecule is C#CC(=O)CCCC. The standard InChI is InChI=1S/C7H10O/c1-3-5-6-7(8)4-2/h2H,3,5-6H2,1H3. The minimum atomic E-state index is -0.0770. The molecule has 0 aromatic heterocycles. The Bertz CT molecular complexity index is 108. The van der Waals surface area contributed by atoms with E-state index >= 15 is 0 Å². The van der Waals surface area contributed by atoms with Crippen LogP contribution >= 0.6 is 0 Å². The third-order valence-electron chi connectivity index (χ3n) is 0.918. The van der Waals surface area contributed by atoms with Gasteiger partial charge in [0.05, 0.1) is 0 Å². The third-order valence-corrected chi connectivity index (χ3v) is 0.918. The number of rotatable bonds is 3. The summed E-state index contributed by atoms with van der Waals surface area (Å²) in [5.74, 6) is 1.98. The van der Waals surface area contributed by atoms with Gasteiger partial charge >= 0.3 is 0 Å². The van der Waals surface area contributed by atoms with Crippen LogP contribution in [0.3, 0.4) is 0 Å². The Hall–Kier alpha value is -0.770. The van der Waals surface area contributed by atoms with Crippen LogP contribution in [0, 0.1) is 12.3 Å². The lowest BCUT2D eigenvalue weighted by atomic mass is 10.2. The summed E-state index contributed by atoms with van der Waals surface area (Å²) in [6, 6.07) is 0. The summed E-state index contributed by atoms with van der Waals surface area (Å²) in [4.78, 5) is 10.3. The minimum Gasteiger partial charge on any atom is -0.285 e. The quantitative estimate of drug-likeness (QED) is 0.396. The number of carbonyl (C=O) groups excluding carboxylic acids is 1. The maximum Gasteiger partial charge on any atom is 0.205 e. The van der Waals surface area contributed by atoms with E-state index in [-0.39, 0.29) is 5.78 Å². The topological polar surface area (TPSA) is 17.1 Å². The number of ketones is 1. The van der Waals surface area contributed by atoms with Gasteiger partial charge in [0.25, 0.3) is 0 Å². The number of hydrogen-bond acceptors (Lipinski definition) is 1. The number of unbranched alkanes of at least 4 members (excludes halogenated alkanes) is 1. The molecule has 0 heterocycles. The van der Waals surface area contributed by atoms with Crippen LogP contribution in [0.5, 0.6) is 0 Å². The first-order valence-corrected chi connectivity index (χ1v) is 2.80. The molecule has 1 heteroatoms. The first-order valence-electron chi connectivity index (χ1n) is 2.80. The first kappa shape index (κ1) is 7.23. The van der Waals surface area contributed by atoms with Crippen LogP contribution in [-0.4, -0.2) is 5.78 Å². The van der Waals surface area contributed by atoms with E-state index in [0.717, 1.165) is 12.8 Å². The molecule has 0 bridgehead atoms. The first-order chi connectivity index (χ1) is 3.81. The van der Waals surface area contributed by atoms with Crippen molar-refractivity contribution in [1.29, 1.82) is 0 Å². The molecular formula is C7H10O. The van der Waals surface area contributed by atoms with Crippen molar-refractivity contribution in [2.45, 2.75) is 26.2 Å². The van der Waals surface area contributed by atoms with Gasteiger partial charge in [-0.1, -0.05) is 13.3 Å². The molecule has 0 atom stereocenters. The molecule has 0 aromatic carbocycles. The van der Waals surface area contributed by atoms with Crippen LogP contribution in [-0.2, 0) is 4.79 Å². The van der Waals surface area contributed by atoms with Crippen molar-refractivity contribution in [3.63, 3.8) is 0 Å². The van der Waals surface area contributed by atoms with E-state index in [1.54, 1.807) is 0 Å². The van der Waals surface area contributed by atoms with Crippen LogP contribution in [0.4, 0.5) is 0 Å². The fourth-order valence-electron chi connectivity index (χ4n) is 0.410. The molecule has 0 aromatic rings. The summed E-state index contributed by atoms with van der Waals surface area (Å²) in [6.45, 7) is 2.03. The average molecular weight is 110 g/mol. The van der Waals surface area contributed by atoms with Crippen molar-refractivity contribution in [3.05, 3.63) is 0 Å². The predicted octanol–water partition coefficient (Wildman–Crippen LogP) is 1.38. The highest BCUT2D eigenvalue weighted by Gasteiger charge is 1.91. The smallest absolute Gasteiger partial charge is 0.205 e. The van der Waals surface area contributed by atoms with Gasteiger partial charge in [0.1, 0.15) is 0 Å². The van der Waals surface area contributed by atoms with Crippen molar-refractivity contribution in [2.24, 2.45) is 0 Å². The Kier molecular flexibility index (Phi) is 3.97. The lowest BCUT2D eigenvalue weighted by Gasteiger charge is -1.86. The number of terminal acetylenes is 1. The highest BCUT2D eigenvalue weighted by atomic mass is 16.1. The molecule has 0 N–H and O–H groups in total. The Balaban J connectivity index is 3.16. The van der Waals surface area contributed by atoms with Crippen LogP contribution in [0.2, 0.25) is 0 Å². The minimum absolute atomic E-state index is 0.0770. The largest absolute Gasteiger partial charge is 0.285 e. The lowest BCUT2D eigenvalue weighted by molar-refractivity contribution is -0.113. The van der Waals surface area contributed by atoms with E-state index in [0.29, 0.717) is 6.42 Å². The number of carbonyl (C=O) groups is 1. The summed E-state index contributed by atoms with van der Waals surface area (Å²) in [7, 11) is 0. The van der Waals surface area contributed by atoms with E-state index in [1.807, 2.05) is 6.92 Å². The maximum absolute atomic E-state index is 10.3. The molecule has 44 valence electrons. The molecule has 0 aliphatic heterocycles. The van der Waals surface area contributed by atoms with Crippen LogP contribution in [0.1, 0.15) is 26.2 Å². The van der Waals surface area contributed by atoms with Gasteiger partial charge in [0.2, 0.25) is 5.78 Å². The zero-order valence-corrected chi connectivity index (χ0v) is 5.11. The highest BCUT2D eigenvalue weighted by Crippen LogP contribution is 1.92. The summed E-state index contributed by atoms with van der Waals surface area (Å²) in [5.41, 5.74) is 0. The predicted molar refractivity (Wildman–Crippen MR) is 33.4 cm³/mol. The van der Waals surface area contributed by atoms with Gasteiger partial charge in [0.15, 0.2) is 0 Å². The Morgan fingerprint density at radius 1 is 1.75 bits per heavy atom. The van der Waals surface area contributed by atoms with E-state index < -0.39 is 0 Å². The molecule has 0 spiro atoms.